The van der Waals surface area contributed by atoms with Crippen molar-refractivity contribution in [3.63, 3.8) is 0 Å². The van der Waals surface area contributed by atoms with E-state index >= 15 is 0 Å². The first kappa shape index (κ1) is 14.5. The van der Waals surface area contributed by atoms with Crippen molar-refractivity contribution in [1.82, 2.24) is 4.90 Å². The number of carbonyl (C=O) groups excluding carboxylic acids is 1. The average Bonchev–Trinajstić information content (AvgIpc) is 2.82. The highest BCUT2D eigenvalue weighted by Gasteiger charge is 2.38. The van der Waals surface area contributed by atoms with Gasteiger partial charge in [-0.3, -0.25) is 9.69 Å². The summed E-state index contributed by atoms with van der Waals surface area (Å²) in [4.78, 5) is 14.3. The summed E-state index contributed by atoms with van der Waals surface area (Å²) in [7, 11) is 0. The summed E-state index contributed by atoms with van der Waals surface area (Å²) < 4.78 is 5.14. The van der Waals surface area contributed by atoms with E-state index in [0.717, 1.165) is 32.4 Å². The van der Waals surface area contributed by atoms with Gasteiger partial charge in [-0.25, -0.2) is 0 Å². The largest absolute Gasteiger partial charge is 0.466 e. The van der Waals surface area contributed by atoms with E-state index in [9.17, 15) is 4.79 Å². The number of hydrogen-bond acceptors (Lipinski definition) is 3. The minimum Gasteiger partial charge on any atom is -0.466 e. The Morgan fingerprint density at radius 1 is 1.24 bits per heavy atom. The van der Waals surface area contributed by atoms with E-state index in [-0.39, 0.29) is 11.5 Å². The summed E-state index contributed by atoms with van der Waals surface area (Å²) >= 11 is 0. The van der Waals surface area contributed by atoms with Gasteiger partial charge < -0.3 is 4.74 Å². The summed E-state index contributed by atoms with van der Waals surface area (Å²) in [6.07, 6.45) is 6.37. The molecule has 1 heterocycles. The quantitative estimate of drug-likeness (QED) is 0.642. The summed E-state index contributed by atoms with van der Waals surface area (Å²) in [5.74, 6) is -0.0327. The molecule has 3 nitrogen and oxygen atoms in total. The maximum Gasteiger partial charge on any atom is 0.307 e. The van der Waals surface area contributed by atoms with E-state index in [0.29, 0.717) is 13.0 Å². The van der Waals surface area contributed by atoms with E-state index in [1.807, 2.05) is 6.92 Å². The van der Waals surface area contributed by atoms with Crippen LogP contribution in [0.25, 0.3) is 0 Å². The molecule has 0 N–H and O–H groups in total. The molecule has 17 heavy (non-hydrogen) atoms. The van der Waals surface area contributed by atoms with Crippen LogP contribution in [-0.4, -0.2) is 36.1 Å². The fourth-order valence-electron chi connectivity index (χ4n) is 3.02. The molecule has 100 valence electrons. The Kier molecular flexibility index (Phi) is 5.96. The molecular formula is C14H27NO2. The molecule has 0 aromatic heterocycles. The van der Waals surface area contributed by atoms with E-state index in [2.05, 4.69) is 18.7 Å². The molecule has 0 aromatic carbocycles. The van der Waals surface area contributed by atoms with E-state index in [1.54, 1.807) is 0 Å². The maximum absolute atomic E-state index is 11.8. The van der Waals surface area contributed by atoms with Crippen LogP contribution in [0.2, 0.25) is 0 Å². The highest BCUT2D eigenvalue weighted by molar-refractivity contribution is 5.70. The van der Waals surface area contributed by atoms with E-state index in [1.165, 1.54) is 12.8 Å². The minimum absolute atomic E-state index is 0.0327. The van der Waals surface area contributed by atoms with Crippen LogP contribution < -0.4 is 0 Å². The molecule has 0 aliphatic carbocycles. The summed E-state index contributed by atoms with van der Waals surface area (Å²) in [6, 6.07) is 0. The Labute approximate surface area is 106 Å². The molecule has 1 fully saturated rings. The molecule has 1 rings (SSSR count). The fraction of sp³-hybridized carbons (Fsp3) is 0.929. The molecule has 0 aromatic rings. The number of likely N-dealkylation sites (tertiary alicyclic amines) is 1. The smallest absolute Gasteiger partial charge is 0.307 e. The van der Waals surface area contributed by atoms with Gasteiger partial charge in [-0.1, -0.05) is 20.3 Å². The van der Waals surface area contributed by atoms with Gasteiger partial charge in [0.05, 0.1) is 13.0 Å². The van der Waals surface area contributed by atoms with Gasteiger partial charge in [0.25, 0.3) is 0 Å². The first-order valence-corrected chi connectivity index (χ1v) is 7.09. The van der Waals surface area contributed by atoms with Crippen LogP contribution in [0.15, 0.2) is 0 Å². The first-order chi connectivity index (χ1) is 8.18. The van der Waals surface area contributed by atoms with Gasteiger partial charge in [0, 0.05) is 5.54 Å². The van der Waals surface area contributed by atoms with Gasteiger partial charge >= 0.3 is 5.97 Å². The molecular weight excluding hydrogens is 214 g/mol. The number of ether oxygens (including phenoxy) is 1. The number of rotatable bonds is 7. The molecule has 1 unspecified atom stereocenters. The topological polar surface area (TPSA) is 29.5 Å². The van der Waals surface area contributed by atoms with Crippen molar-refractivity contribution in [3.05, 3.63) is 0 Å². The lowest BCUT2D eigenvalue weighted by Gasteiger charge is -2.41. The molecule has 1 aliphatic rings. The third-order valence-electron chi connectivity index (χ3n) is 3.93. The first-order valence-electron chi connectivity index (χ1n) is 7.09. The second-order valence-electron chi connectivity index (χ2n) is 5.00. The van der Waals surface area contributed by atoms with Crippen LogP contribution in [0.4, 0.5) is 0 Å². The van der Waals surface area contributed by atoms with Crippen molar-refractivity contribution in [1.29, 1.82) is 0 Å². The number of hydrogen-bond donors (Lipinski definition) is 0. The molecule has 0 spiro atoms. The zero-order valence-corrected chi connectivity index (χ0v) is 11.6. The van der Waals surface area contributed by atoms with Crippen LogP contribution in [0.1, 0.15) is 59.3 Å². The fourth-order valence-corrected chi connectivity index (χ4v) is 3.02. The van der Waals surface area contributed by atoms with Crippen molar-refractivity contribution in [2.24, 2.45) is 0 Å². The summed E-state index contributed by atoms with van der Waals surface area (Å²) in [6.45, 7) is 9.06. The molecule has 1 aliphatic heterocycles. The van der Waals surface area contributed by atoms with Crippen molar-refractivity contribution in [2.45, 2.75) is 64.8 Å². The Balaban J connectivity index is 2.71. The average molecular weight is 241 g/mol. The number of esters is 1. The van der Waals surface area contributed by atoms with Gasteiger partial charge in [0.15, 0.2) is 0 Å². The van der Waals surface area contributed by atoms with Crippen LogP contribution in [-0.2, 0) is 9.53 Å². The van der Waals surface area contributed by atoms with E-state index < -0.39 is 0 Å². The zero-order chi connectivity index (χ0) is 12.7. The highest BCUT2D eigenvalue weighted by Crippen LogP contribution is 2.33. The lowest BCUT2D eigenvalue weighted by molar-refractivity contribution is -0.146. The third kappa shape index (κ3) is 3.70. The monoisotopic (exact) mass is 241 g/mol. The third-order valence-corrected chi connectivity index (χ3v) is 3.93. The molecule has 0 bridgehead atoms. The number of nitrogens with zero attached hydrogens (tertiary/aromatic N) is 1. The van der Waals surface area contributed by atoms with Crippen molar-refractivity contribution >= 4 is 5.97 Å². The zero-order valence-electron chi connectivity index (χ0n) is 11.6. The number of carbonyl (C=O) groups is 1. The van der Waals surface area contributed by atoms with Crippen molar-refractivity contribution < 1.29 is 9.53 Å². The van der Waals surface area contributed by atoms with Crippen LogP contribution >= 0.6 is 0 Å². The normalized spacial score (nSPS) is 20.2. The standard InChI is InChI=1S/C14H27NO2/c1-4-9-14(5-2,12-13(16)17-6-3)15-10-7-8-11-15/h4-12H2,1-3H3. The SMILES string of the molecule is CCCC(CC)(CC(=O)OCC)N1CCCC1. The van der Waals surface area contributed by atoms with Crippen LogP contribution in [0, 0.1) is 0 Å². The Morgan fingerprint density at radius 3 is 2.35 bits per heavy atom. The van der Waals surface area contributed by atoms with Crippen molar-refractivity contribution in [2.75, 3.05) is 19.7 Å². The lowest BCUT2D eigenvalue weighted by Crippen LogP contribution is -2.48. The summed E-state index contributed by atoms with van der Waals surface area (Å²) in [5, 5.41) is 0. The Hall–Kier alpha value is -0.570. The second-order valence-corrected chi connectivity index (χ2v) is 5.00. The molecule has 0 radical (unpaired) electrons. The Morgan fingerprint density at radius 2 is 1.88 bits per heavy atom. The summed E-state index contributed by atoms with van der Waals surface area (Å²) in [5.41, 5.74) is 0.0531. The maximum atomic E-state index is 11.8. The second kappa shape index (κ2) is 7.00. The minimum atomic E-state index is -0.0327. The van der Waals surface area contributed by atoms with Crippen LogP contribution in [0.3, 0.4) is 0 Å². The molecule has 0 saturated carbocycles. The van der Waals surface area contributed by atoms with Gasteiger partial charge in [-0.2, -0.15) is 0 Å². The van der Waals surface area contributed by atoms with Gasteiger partial charge in [-0.05, 0) is 45.7 Å². The van der Waals surface area contributed by atoms with E-state index in [4.69, 9.17) is 4.74 Å². The van der Waals surface area contributed by atoms with Crippen LogP contribution in [0.5, 0.6) is 0 Å². The lowest BCUT2D eigenvalue weighted by atomic mass is 9.85. The molecule has 1 atom stereocenters. The van der Waals surface area contributed by atoms with Gasteiger partial charge in [-0.15, -0.1) is 0 Å². The van der Waals surface area contributed by atoms with Gasteiger partial charge in [0.1, 0.15) is 0 Å². The predicted octanol–water partition coefficient (Wildman–Crippen LogP) is 2.98. The highest BCUT2D eigenvalue weighted by atomic mass is 16.5. The Bertz CT molecular complexity index is 236. The van der Waals surface area contributed by atoms with Crippen molar-refractivity contribution in [3.8, 4) is 0 Å². The predicted molar refractivity (Wildman–Crippen MR) is 70.0 cm³/mol. The molecule has 3 heteroatoms. The molecule has 0 amide bonds. The van der Waals surface area contributed by atoms with Gasteiger partial charge in [0.2, 0.25) is 0 Å². The molecule has 1 saturated heterocycles.